The molecule has 0 unspecified atom stereocenters. The van der Waals surface area contributed by atoms with Crippen LogP contribution in [0.4, 0.5) is 26.8 Å². The maximum absolute atomic E-state index is 13.7. The molecular formula is C29H34N6O4. The number of anilines is 3. The standard InChI is InChI=1S/C29H34N6O4/c1-20-18-22(30)9-8-21(20)19-29(5,6)39-27(37)35(24-12-10-23(11-13-24)33-16-7-15-31-33)25-14-17-34(32-25)26(36)38-28(2,3)4/h7-18H,19,30H2,1-6H3. The fourth-order valence-corrected chi connectivity index (χ4v) is 4.05. The number of ether oxygens (including phenoxy) is 2. The number of nitrogens with zero attached hydrogens (tertiary/aromatic N) is 5. The molecule has 39 heavy (non-hydrogen) atoms. The second-order valence-corrected chi connectivity index (χ2v) is 10.9. The van der Waals surface area contributed by atoms with E-state index in [-0.39, 0.29) is 5.82 Å². The third-order valence-electron chi connectivity index (χ3n) is 5.79. The van der Waals surface area contributed by atoms with E-state index >= 15 is 0 Å². The first-order chi connectivity index (χ1) is 18.3. The van der Waals surface area contributed by atoms with Gasteiger partial charge < -0.3 is 15.2 Å². The molecule has 0 aliphatic rings. The highest BCUT2D eigenvalue weighted by Gasteiger charge is 2.31. The number of aromatic nitrogens is 4. The minimum atomic E-state index is -0.862. The monoisotopic (exact) mass is 530 g/mol. The van der Waals surface area contributed by atoms with Crippen molar-refractivity contribution in [1.29, 1.82) is 0 Å². The summed E-state index contributed by atoms with van der Waals surface area (Å²) in [7, 11) is 0. The van der Waals surface area contributed by atoms with Crippen LogP contribution in [0.3, 0.4) is 0 Å². The molecule has 4 aromatic rings. The van der Waals surface area contributed by atoms with Gasteiger partial charge in [-0.05, 0) is 95.1 Å². The van der Waals surface area contributed by atoms with Crippen LogP contribution in [0.25, 0.3) is 5.69 Å². The summed E-state index contributed by atoms with van der Waals surface area (Å²) in [6, 6.07) is 16.2. The second-order valence-electron chi connectivity index (χ2n) is 10.9. The summed E-state index contributed by atoms with van der Waals surface area (Å²) < 4.78 is 14.2. The van der Waals surface area contributed by atoms with Crippen molar-refractivity contribution in [1.82, 2.24) is 19.6 Å². The van der Waals surface area contributed by atoms with Gasteiger partial charge in [0.05, 0.1) is 11.4 Å². The maximum Gasteiger partial charge on any atom is 0.435 e. The summed E-state index contributed by atoms with van der Waals surface area (Å²) in [4.78, 5) is 27.6. The van der Waals surface area contributed by atoms with Gasteiger partial charge in [-0.15, -0.1) is 5.10 Å². The second kappa shape index (κ2) is 10.6. The highest BCUT2D eigenvalue weighted by atomic mass is 16.6. The summed E-state index contributed by atoms with van der Waals surface area (Å²) in [5, 5.41) is 8.58. The van der Waals surface area contributed by atoms with E-state index in [9.17, 15) is 9.59 Å². The molecule has 0 saturated heterocycles. The molecule has 0 bridgehead atoms. The molecule has 2 aromatic carbocycles. The summed E-state index contributed by atoms with van der Waals surface area (Å²) in [5.74, 6) is 0.206. The predicted octanol–water partition coefficient (Wildman–Crippen LogP) is 6.04. The van der Waals surface area contributed by atoms with E-state index in [2.05, 4.69) is 10.2 Å². The summed E-state index contributed by atoms with van der Waals surface area (Å²) >= 11 is 0. The molecule has 0 radical (unpaired) electrons. The lowest BCUT2D eigenvalue weighted by molar-refractivity contribution is 0.0451. The third kappa shape index (κ3) is 6.84. The SMILES string of the molecule is Cc1cc(N)ccc1CC(C)(C)OC(=O)N(c1ccc(-n2cccn2)cc1)c1ccn(C(=O)OC(C)(C)C)n1. The van der Waals surface area contributed by atoms with Crippen LogP contribution in [0.1, 0.15) is 45.7 Å². The number of hydrogen-bond donors (Lipinski definition) is 1. The zero-order valence-corrected chi connectivity index (χ0v) is 23.1. The minimum Gasteiger partial charge on any atom is -0.442 e. The first kappa shape index (κ1) is 27.4. The van der Waals surface area contributed by atoms with E-state index in [0.29, 0.717) is 17.8 Å². The van der Waals surface area contributed by atoms with Gasteiger partial charge in [-0.1, -0.05) is 6.07 Å². The molecule has 0 atom stereocenters. The van der Waals surface area contributed by atoms with E-state index in [4.69, 9.17) is 15.2 Å². The first-order valence-corrected chi connectivity index (χ1v) is 12.6. The molecule has 10 nitrogen and oxygen atoms in total. The molecule has 0 saturated carbocycles. The van der Waals surface area contributed by atoms with Crippen LogP contribution < -0.4 is 10.6 Å². The van der Waals surface area contributed by atoms with E-state index in [0.717, 1.165) is 21.5 Å². The summed E-state index contributed by atoms with van der Waals surface area (Å²) in [6.45, 7) is 11.0. The third-order valence-corrected chi connectivity index (χ3v) is 5.79. The predicted molar refractivity (Wildman–Crippen MR) is 149 cm³/mol. The van der Waals surface area contributed by atoms with Crippen LogP contribution in [0.2, 0.25) is 0 Å². The zero-order valence-electron chi connectivity index (χ0n) is 23.1. The maximum atomic E-state index is 13.7. The van der Waals surface area contributed by atoms with Crippen LogP contribution in [0, 0.1) is 6.92 Å². The lowest BCUT2D eigenvalue weighted by Crippen LogP contribution is -2.37. The van der Waals surface area contributed by atoms with Crippen LogP contribution in [0.15, 0.2) is 73.2 Å². The molecule has 1 amide bonds. The number of amides is 1. The van der Waals surface area contributed by atoms with Gasteiger partial charge in [-0.3, -0.25) is 0 Å². The molecule has 2 N–H and O–H groups in total. The molecule has 0 aliphatic heterocycles. The topological polar surface area (TPSA) is 118 Å². The number of carbonyl (C=O) groups excluding carboxylic acids is 2. The number of nitrogen functional groups attached to an aromatic ring is 1. The molecule has 0 spiro atoms. The fourth-order valence-electron chi connectivity index (χ4n) is 4.05. The molecule has 10 heteroatoms. The molecule has 204 valence electrons. The van der Waals surface area contributed by atoms with Gasteiger partial charge in [0.1, 0.15) is 11.2 Å². The molecule has 4 rings (SSSR count). The van der Waals surface area contributed by atoms with Gasteiger partial charge in [-0.2, -0.15) is 9.78 Å². The van der Waals surface area contributed by atoms with E-state index < -0.39 is 23.4 Å². The van der Waals surface area contributed by atoms with Crippen molar-refractivity contribution in [3.63, 3.8) is 0 Å². The largest absolute Gasteiger partial charge is 0.442 e. The fraction of sp³-hybridized carbons (Fsp3) is 0.310. The molecule has 2 aromatic heterocycles. The van der Waals surface area contributed by atoms with Crippen LogP contribution in [-0.4, -0.2) is 42.9 Å². The minimum absolute atomic E-state index is 0.206. The average Bonchev–Trinajstić information content (AvgIpc) is 3.53. The summed E-state index contributed by atoms with van der Waals surface area (Å²) in [5.41, 5.74) is 8.37. The summed E-state index contributed by atoms with van der Waals surface area (Å²) in [6.07, 6.45) is 4.13. The van der Waals surface area contributed by atoms with E-state index in [1.54, 1.807) is 49.8 Å². The van der Waals surface area contributed by atoms with Gasteiger partial charge in [0.2, 0.25) is 0 Å². The van der Waals surface area contributed by atoms with E-state index in [1.807, 2.05) is 63.4 Å². The molecule has 0 fully saturated rings. The number of carbonyl (C=O) groups is 2. The van der Waals surface area contributed by atoms with Crippen molar-refractivity contribution in [2.24, 2.45) is 0 Å². The first-order valence-electron chi connectivity index (χ1n) is 12.6. The number of hydrogen-bond acceptors (Lipinski definition) is 7. The zero-order chi connectivity index (χ0) is 28.4. The normalized spacial score (nSPS) is 11.7. The number of rotatable bonds is 6. The van der Waals surface area contributed by atoms with Crippen molar-refractivity contribution in [3.8, 4) is 5.69 Å². The van der Waals surface area contributed by atoms with Crippen LogP contribution in [0.5, 0.6) is 0 Å². The Morgan fingerprint density at radius 3 is 2.31 bits per heavy atom. The Bertz CT molecular complexity index is 1450. The lowest BCUT2D eigenvalue weighted by atomic mass is 9.95. The highest BCUT2D eigenvalue weighted by molar-refractivity contribution is 5.95. The Kier molecular flexibility index (Phi) is 7.49. The van der Waals surface area contributed by atoms with Crippen molar-refractivity contribution in [2.75, 3.05) is 10.6 Å². The molecular weight excluding hydrogens is 496 g/mol. The van der Waals surface area contributed by atoms with Gasteiger partial charge >= 0.3 is 12.2 Å². The Morgan fingerprint density at radius 1 is 0.974 bits per heavy atom. The van der Waals surface area contributed by atoms with Gasteiger partial charge in [0.25, 0.3) is 0 Å². The van der Waals surface area contributed by atoms with Crippen molar-refractivity contribution >= 4 is 29.4 Å². The van der Waals surface area contributed by atoms with Crippen molar-refractivity contribution in [3.05, 3.63) is 84.3 Å². The van der Waals surface area contributed by atoms with Crippen LogP contribution in [-0.2, 0) is 15.9 Å². The Hall–Kier alpha value is -4.60. The average molecular weight is 531 g/mol. The number of nitrogens with two attached hydrogens (primary N) is 1. The molecule has 0 aliphatic carbocycles. The quantitative estimate of drug-likeness (QED) is 0.302. The lowest BCUT2D eigenvalue weighted by Gasteiger charge is -2.29. The van der Waals surface area contributed by atoms with Gasteiger partial charge in [0.15, 0.2) is 5.82 Å². The highest BCUT2D eigenvalue weighted by Crippen LogP contribution is 2.29. The van der Waals surface area contributed by atoms with Crippen LogP contribution >= 0.6 is 0 Å². The number of benzene rings is 2. The van der Waals surface area contributed by atoms with Gasteiger partial charge in [-0.25, -0.2) is 19.2 Å². The van der Waals surface area contributed by atoms with Crippen molar-refractivity contribution < 1.29 is 19.1 Å². The van der Waals surface area contributed by atoms with Crippen molar-refractivity contribution in [2.45, 2.75) is 59.2 Å². The Morgan fingerprint density at radius 2 is 1.69 bits per heavy atom. The molecule has 2 heterocycles. The Labute approximate surface area is 227 Å². The Balaban J connectivity index is 1.64. The van der Waals surface area contributed by atoms with Gasteiger partial charge in [0, 0.05) is 36.8 Å². The number of aryl methyl sites for hydroxylation is 1. The van der Waals surface area contributed by atoms with E-state index in [1.165, 1.54) is 11.1 Å². The smallest absolute Gasteiger partial charge is 0.435 e.